The van der Waals surface area contributed by atoms with Crippen molar-refractivity contribution in [3.05, 3.63) is 95.1 Å². The molecule has 3 aromatic carbocycles. The predicted molar refractivity (Wildman–Crippen MR) is 149 cm³/mol. The molecule has 1 aliphatic rings. The van der Waals surface area contributed by atoms with E-state index in [2.05, 4.69) is 5.32 Å². The smallest absolute Gasteiger partial charge is 0.336 e. The fraction of sp³-hybridized carbons (Fsp3) is 0.300. The molecule has 4 atom stereocenters. The Kier molecular flexibility index (Phi) is 9.94. The molecule has 9 nitrogen and oxygen atoms in total. The third kappa shape index (κ3) is 7.48. The van der Waals surface area contributed by atoms with E-state index in [9.17, 15) is 24.6 Å². The van der Waals surface area contributed by atoms with Crippen molar-refractivity contribution in [3.8, 4) is 0 Å². The van der Waals surface area contributed by atoms with Gasteiger partial charge in [0.2, 0.25) is 5.91 Å². The van der Waals surface area contributed by atoms with Gasteiger partial charge in [0.15, 0.2) is 6.29 Å². The van der Waals surface area contributed by atoms with Gasteiger partial charge in [0, 0.05) is 34.2 Å². The molecular formula is C30H31NO8S. The van der Waals surface area contributed by atoms with Crippen LogP contribution in [0.25, 0.3) is 0 Å². The average molecular weight is 566 g/mol. The van der Waals surface area contributed by atoms with Crippen LogP contribution in [-0.4, -0.2) is 45.0 Å². The first kappa shape index (κ1) is 29.3. The summed E-state index contributed by atoms with van der Waals surface area (Å²) in [6.45, 7) is 1.95. The number of benzene rings is 3. The van der Waals surface area contributed by atoms with Crippen molar-refractivity contribution < 1.29 is 39.2 Å². The number of carbonyl (C=O) groups is 3. The van der Waals surface area contributed by atoms with E-state index in [0.717, 1.165) is 11.1 Å². The highest BCUT2D eigenvalue weighted by molar-refractivity contribution is 7.99. The number of aliphatic carboxylic acids is 1. The number of nitrogens with one attached hydrogen (secondary N) is 1. The minimum atomic E-state index is -1.05. The van der Waals surface area contributed by atoms with Crippen LogP contribution in [0.15, 0.2) is 77.7 Å². The van der Waals surface area contributed by atoms with Crippen LogP contribution < -0.4 is 5.32 Å². The lowest BCUT2D eigenvalue weighted by atomic mass is 9.91. The van der Waals surface area contributed by atoms with Crippen molar-refractivity contribution in [1.82, 2.24) is 0 Å². The van der Waals surface area contributed by atoms with Crippen molar-refractivity contribution in [3.63, 3.8) is 0 Å². The van der Waals surface area contributed by atoms with Gasteiger partial charge < -0.3 is 30.1 Å². The predicted octanol–water partition coefficient (Wildman–Crippen LogP) is 5.26. The lowest BCUT2D eigenvalue weighted by Crippen LogP contribution is -2.38. The SMILES string of the molecule is CC1C(CSc2ccccc2C(=O)O)OC(c2cccc(NC(=O)CCC(=O)O)c2)OC1c1ccc(CO)cc1. The molecule has 1 amide bonds. The van der Waals surface area contributed by atoms with Gasteiger partial charge in [0.25, 0.3) is 0 Å². The molecule has 0 aromatic heterocycles. The van der Waals surface area contributed by atoms with E-state index in [0.29, 0.717) is 21.9 Å². The second kappa shape index (κ2) is 13.6. The fourth-order valence-corrected chi connectivity index (χ4v) is 5.67. The Bertz CT molecular complexity index is 1350. The standard InChI is InChI=1S/C30H31NO8S/c1-18-24(17-40-25-8-3-2-7-23(25)29(36)37)38-30(39-28(18)20-11-9-19(16-32)10-12-20)21-5-4-6-22(15-21)31-26(33)13-14-27(34)35/h2-12,15,18,24,28,30,32H,13-14,16-17H2,1H3,(H,31,33)(H,34,35)(H,36,37). The first-order valence-corrected chi connectivity index (χ1v) is 13.8. The van der Waals surface area contributed by atoms with Crippen LogP contribution in [0.2, 0.25) is 0 Å². The number of rotatable bonds is 11. The summed E-state index contributed by atoms with van der Waals surface area (Å²) in [5.41, 5.74) is 3.08. The van der Waals surface area contributed by atoms with Gasteiger partial charge in [0.1, 0.15) is 0 Å². The van der Waals surface area contributed by atoms with E-state index >= 15 is 0 Å². The normalized spacial score (nSPS) is 20.6. The highest BCUT2D eigenvalue weighted by atomic mass is 32.2. The van der Waals surface area contributed by atoms with Crippen molar-refractivity contribution in [2.24, 2.45) is 5.92 Å². The summed E-state index contributed by atoms with van der Waals surface area (Å²) in [6, 6.07) is 21.4. The third-order valence-corrected chi connectivity index (χ3v) is 7.81. The zero-order valence-corrected chi connectivity index (χ0v) is 22.7. The molecule has 4 rings (SSSR count). The molecule has 1 fully saturated rings. The zero-order valence-electron chi connectivity index (χ0n) is 21.9. The first-order valence-electron chi connectivity index (χ1n) is 12.8. The molecule has 4 unspecified atom stereocenters. The van der Waals surface area contributed by atoms with E-state index in [-0.39, 0.29) is 43.1 Å². The van der Waals surface area contributed by atoms with E-state index in [1.807, 2.05) is 37.3 Å². The topological polar surface area (TPSA) is 142 Å². The van der Waals surface area contributed by atoms with Crippen LogP contribution in [0.3, 0.4) is 0 Å². The summed E-state index contributed by atoms with van der Waals surface area (Å²) < 4.78 is 12.9. The summed E-state index contributed by atoms with van der Waals surface area (Å²) in [6.07, 6.45) is -1.87. The highest BCUT2D eigenvalue weighted by Gasteiger charge is 2.38. The Morgan fingerprint density at radius 2 is 1.65 bits per heavy atom. The number of aromatic carboxylic acids is 1. The number of anilines is 1. The quantitative estimate of drug-likeness (QED) is 0.229. The van der Waals surface area contributed by atoms with Crippen molar-refractivity contribution in [2.75, 3.05) is 11.1 Å². The lowest BCUT2D eigenvalue weighted by molar-refractivity contribution is -0.268. The number of aliphatic hydroxyl groups excluding tert-OH is 1. The van der Waals surface area contributed by atoms with Crippen molar-refractivity contribution in [2.45, 2.75) is 49.8 Å². The summed E-state index contributed by atoms with van der Waals surface area (Å²) in [7, 11) is 0. The number of hydrogen-bond donors (Lipinski definition) is 4. The second-order valence-electron chi connectivity index (χ2n) is 9.50. The Morgan fingerprint density at radius 3 is 2.35 bits per heavy atom. The summed E-state index contributed by atoms with van der Waals surface area (Å²) in [5, 5.41) is 30.6. The molecule has 0 spiro atoms. The molecule has 0 saturated carbocycles. The molecule has 4 N–H and O–H groups in total. The largest absolute Gasteiger partial charge is 0.481 e. The van der Waals surface area contributed by atoms with Gasteiger partial charge >= 0.3 is 11.9 Å². The molecule has 1 saturated heterocycles. The summed E-state index contributed by atoms with van der Waals surface area (Å²) >= 11 is 1.41. The maximum Gasteiger partial charge on any atom is 0.336 e. The molecular weight excluding hydrogens is 534 g/mol. The fourth-order valence-electron chi connectivity index (χ4n) is 4.46. The molecule has 0 radical (unpaired) electrons. The first-order chi connectivity index (χ1) is 19.2. The number of carboxylic acid groups (broad SMARTS) is 2. The van der Waals surface area contributed by atoms with E-state index in [1.54, 1.807) is 42.5 Å². The van der Waals surface area contributed by atoms with Crippen LogP contribution in [0.1, 0.15) is 59.2 Å². The number of carboxylic acids is 2. The van der Waals surface area contributed by atoms with Crippen LogP contribution >= 0.6 is 11.8 Å². The monoisotopic (exact) mass is 565 g/mol. The van der Waals surface area contributed by atoms with Gasteiger partial charge in [-0.05, 0) is 35.4 Å². The lowest BCUT2D eigenvalue weighted by Gasteiger charge is -2.41. The third-order valence-electron chi connectivity index (χ3n) is 6.65. The summed E-state index contributed by atoms with van der Waals surface area (Å²) in [4.78, 5) is 35.3. The zero-order chi connectivity index (χ0) is 28.6. The van der Waals surface area contributed by atoms with Crippen LogP contribution in [0, 0.1) is 5.92 Å². The molecule has 10 heteroatoms. The molecule has 40 heavy (non-hydrogen) atoms. The van der Waals surface area contributed by atoms with Crippen LogP contribution in [0.4, 0.5) is 5.69 Å². The van der Waals surface area contributed by atoms with Crippen LogP contribution in [0.5, 0.6) is 0 Å². The number of amides is 1. The Morgan fingerprint density at radius 1 is 0.900 bits per heavy atom. The maximum atomic E-state index is 12.2. The molecule has 1 aliphatic heterocycles. The van der Waals surface area contributed by atoms with Gasteiger partial charge in [-0.2, -0.15) is 0 Å². The summed E-state index contributed by atoms with van der Waals surface area (Å²) in [5.74, 6) is -2.07. The molecule has 210 valence electrons. The average Bonchev–Trinajstić information content (AvgIpc) is 2.96. The number of hydrogen-bond acceptors (Lipinski definition) is 7. The van der Waals surface area contributed by atoms with Gasteiger partial charge in [-0.1, -0.05) is 55.5 Å². The maximum absolute atomic E-state index is 12.2. The number of carbonyl (C=O) groups excluding carboxylic acids is 1. The van der Waals surface area contributed by atoms with Crippen molar-refractivity contribution >= 4 is 35.3 Å². The number of ether oxygens (including phenoxy) is 2. The number of aliphatic hydroxyl groups is 1. The van der Waals surface area contributed by atoms with Gasteiger partial charge in [-0.25, -0.2) is 4.79 Å². The Labute approximate surface area is 236 Å². The Hall–Kier alpha value is -3.70. The minimum Gasteiger partial charge on any atom is -0.481 e. The van der Waals surface area contributed by atoms with Gasteiger partial charge in [-0.3, -0.25) is 9.59 Å². The van der Waals surface area contributed by atoms with Crippen molar-refractivity contribution in [1.29, 1.82) is 0 Å². The van der Waals surface area contributed by atoms with E-state index < -0.39 is 24.1 Å². The highest BCUT2D eigenvalue weighted by Crippen LogP contribution is 2.43. The molecule has 1 heterocycles. The van der Waals surface area contributed by atoms with Gasteiger partial charge in [-0.15, -0.1) is 11.8 Å². The second-order valence-corrected chi connectivity index (χ2v) is 10.6. The molecule has 0 bridgehead atoms. The Balaban J connectivity index is 1.58. The molecule has 0 aliphatic carbocycles. The number of thioether (sulfide) groups is 1. The van der Waals surface area contributed by atoms with Gasteiger partial charge in [0.05, 0.1) is 30.8 Å². The van der Waals surface area contributed by atoms with Crippen LogP contribution in [-0.2, 0) is 25.7 Å². The van der Waals surface area contributed by atoms with E-state index in [1.165, 1.54) is 11.8 Å². The molecule has 3 aromatic rings. The minimum absolute atomic E-state index is 0.0691. The van der Waals surface area contributed by atoms with E-state index in [4.69, 9.17) is 14.6 Å².